The van der Waals surface area contributed by atoms with Crippen molar-refractivity contribution >= 4 is 34.1 Å². The van der Waals surface area contributed by atoms with Crippen molar-refractivity contribution in [2.75, 3.05) is 5.32 Å². The molecule has 1 amide bonds. The van der Waals surface area contributed by atoms with Crippen molar-refractivity contribution in [2.24, 2.45) is 0 Å². The summed E-state index contributed by atoms with van der Waals surface area (Å²) in [5.41, 5.74) is 1.35. The monoisotopic (exact) mass is 361 g/mol. The minimum Gasteiger partial charge on any atom is -0.449 e. The van der Waals surface area contributed by atoms with Crippen LogP contribution in [0.4, 0.5) is 5.69 Å². The maximum atomic E-state index is 12.4. The quantitative estimate of drug-likeness (QED) is 0.545. The summed E-state index contributed by atoms with van der Waals surface area (Å²) in [7, 11) is 0. The Bertz CT molecular complexity index is 1030. The number of ketones is 1. The zero-order valence-corrected chi connectivity index (χ0v) is 15.1. The van der Waals surface area contributed by atoms with Crippen LogP contribution >= 0.6 is 0 Å². The van der Waals surface area contributed by atoms with Gasteiger partial charge in [0.15, 0.2) is 11.9 Å². The molecule has 0 fully saturated rings. The molecule has 0 aromatic heterocycles. The van der Waals surface area contributed by atoms with Crippen LogP contribution in [0.2, 0.25) is 0 Å². The van der Waals surface area contributed by atoms with Gasteiger partial charge < -0.3 is 10.1 Å². The normalized spacial score (nSPS) is 11.6. The van der Waals surface area contributed by atoms with Crippen LogP contribution in [0.1, 0.15) is 34.6 Å². The van der Waals surface area contributed by atoms with Gasteiger partial charge in [0.1, 0.15) is 0 Å². The number of carbonyl (C=O) groups excluding carboxylic acids is 3. The Morgan fingerprint density at radius 3 is 2.33 bits per heavy atom. The first-order valence-corrected chi connectivity index (χ1v) is 8.55. The summed E-state index contributed by atoms with van der Waals surface area (Å²) in [5.74, 6) is -1.13. The smallest absolute Gasteiger partial charge is 0.338 e. The van der Waals surface area contributed by atoms with Crippen molar-refractivity contribution in [3.63, 3.8) is 0 Å². The molecule has 0 radical (unpaired) electrons. The Labute approximate surface area is 157 Å². The fourth-order valence-electron chi connectivity index (χ4n) is 2.66. The minimum atomic E-state index is -0.982. The zero-order valence-electron chi connectivity index (χ0n) is 15.1. The number of hydrogen-bond acceptors (Lipinski definition) is 4. The molecule has 0 bridgehead atoms. The fourth-order valence-corrected chi connectivity index (χ4v) is 2.66. The van der Waals surface area contributed by atoms with Crippen LogP contribution in [0.3, 0.4) is 0 Å². The molecule has 0 spiro atoms. The Kier molecular flexibility index (Phi) is 5.31. The number of fused-ring (bicyclic) bond motifs is 1. The summed E-state index contributed by atoms with van der Waals surface area (Å²) < 4.78 is 5.28. The largest absolute Gasteiger partial charge is 0.449 e. The lowest BCUT2D eigenvalue weighted by molar-refractivity contribution is -0.123. The third-order valence-electron chi connectivity index (χ3n) is 4.17. The third-order valence-corrected chi connectivity index (χ3v) is 4.17. The second-order valence-electron chi connectivity index (χ2n) is 6.24. The fraction of sp³-hybridized carbons (Fsp3) is 0.136. The van der Waals surface area contributed by atoms with Gasteiger partial charge in [-0.1, -0.05) is 42.5 Å². The molecule has 3 rings (SSSR count). The van der Waals surface area contributed by atoms with E-state index in [0.29, 0.717) is 16.8 Å². The number of hydrogen-bond donors (Lipinski definition) is 1. The second-order valence-corrected chi connectivity index (χ2v) is 6.24. The van der Waals surface area contributed by atoms with E-state index in [1.54, 1.807) is 36.4 Å². The van der Waals surface area contributed by atoms with E-state index in [4.69, 9.17) is 4.74 Å². The molecule has 0 saturated carbocycles. The molecule has 0 aliphatic carbocycles. The lowest BCUT2D eigenvalue weighted by atomic mass is 10.1. The van der Waals surface area contributed by atoms with E-state index in [0.717, 1.165) is 10.8 Å². The van der Waals surface area contributed by atoms with Gasteiger partial charge in [0.25, 0.3) is 5.91 Å². The highest BCUT2D eigenvalue weighted by molar-refractivity contribution is 6.00. The van der Waals surface area contributed by atoms with Crippen LogP contribution in [-0.4, -0.2) is 23.8 Å². The molecule has 3 aromatic carbocycles. The molecule has 0 aliphatic rings. The van der Waals surface area contributed by atoms with E-state index in [-0.39, 0.29) is 5.78 Å². The SMILES string of the molecule is CC(=O)c1cccc(NC(=O)[C@H](C)OC(=O)c2ccc3ccccc3c2)c1. The Hall–Kier alpha value is -3.47. The van der Waals surface area contributed by atoms with Crippen molar-refractivity contribution < 1.29 is 19.1 Å². The predicted molar refractivity (Wildman–Crippen MR) is 104 cm³/mol. The van der Waals surface area contributed by atoms with Crippen molar-refractivity contribution in [3.8, 4) is 0 Å². The number of ether oxygens (including phenoxy) is 1. The highest BCUT2D eigenvalue weighted by atomic mass is 16.5. The molecule has 5 heteroatoms. The number of rotatable bonds is 5. The molecule has 3 aromatic rings. The molecular weight excluding hydrogens is 342 g/mol. The Morgan fingerprint density at radius 1 is 0.852 bits per heavy atom. The molecule has 0 saturated heterocycles. The first-order chi connectivity index (χ1) is 12.9. The summed E-state index contributed by atoms with van der Waals surface area (Å²) in [6, 6.07) is 19.5. The summed E-state index contributed by atoms with van der Waals surface area (Å²) in [5, 5.41) is 4.60. The topological polar surface area (TPSA) is 72.5 Å². The predicted octanol–water partition coefficient (Wildman–Crippen LogP) is 4.23. The van der Waals surface area contributed by atoms with Gasteiger partial charge in [-0.05, 0) is 48.9 Å². The molecule has 5 nitrogen and oxygen atoms in total. The van der Waals surface area contributed by atoms with Crippen LogP contribution < -0.4 is 5.32 Å². The van der Waals surface area contributed by atoms with Crippen LogP contribution in [0.15, 0.2) is 66.7 Å². The van der Waals surface area contributed by atoms with Crippen LogP contribution in [0.5, 0.6) is 0 Å². The van der Waals surface area contributed by atoms with E-state index >= 15 is 0 Å². The number of Topliss-reactive ketones (excluding diaryl/α,β-unsaturated/α-hetero) is 1. The van der Waals surface area contributed by atoms with E-state index in [9.17, 15) is 14.4 Å². The molecule has 0 aliphatic heterocycles. The molecular formula is C22H19NO4. The van der Waals surface area contributed by atoms with Crippen LogP contribution in [0, 0.1) is 0 Å². The molecule has 1 N–H and O–H groups in total. The van der Waals surface area contributed by atoms with Gasteiger partial charge in [0, 0.05) is 11.3 Å². The lowest BCUT2D eigenvalue weighted by Gasteiger charge is -2.14. The van der Waals surface area contributed by atoms with Gasteiger partial charge in [0.05, 0.1) is 5.56 Å². The summed E-state index contributed by atoms with van der Waals surface area (Å²) >= 11 is 0. The van der Waals surface area contributed by atoms with Gasteiger partial charge >= 0.3 is 5.97 Å². The number of esters is 1. The summed E-state index contributed by atoms with van der Waals surface area (Å²) in [4.78, 5) is 36.1. The molecule has 0 heterocycles. The van der Waals surface area contributed by atoms with Crippen molar-refractivity contribution in [1.29, 1.82) is 0 Å². The van der Waals surface area contributed by atoms with Gasteiger partial charge in [-0.2, -0.15) is 0 Å². The number of anilines is 1. The number of nitrogens with one attached hydrogen (secondary N) is 1. The average molecular weight is 361 g/mol. The highest BCUT2D eigenvalue weighted by Crippen LogP contribution is 2.17. The second kappa shape index (κ2) is 7.83. The number of benzene rings is 3. The van der Waals surface area contributed by atoms with E-state index in [1.807, 2.05) is 30.3 Å². The van der Waals surface area contributed by atoms with Gasteiger partial charge in [-0.25, -0.2) is 4.79 Å². The third kappa shape index (κ3) is 4.39. The molecule has 0 unspecified atom stereocenters. The highest BCUT2D eigenvalue weighted by Gasteiger charge is 2.19. The van der Waals surface area contributed by atoms with Crippen LogP contribution in [0.25, 0.3) is 10.8 Å². The summed E-state index contributed by atoms with van der Waals surface area (Å²) in [6.07, 6.45) is -0.982. The summed E-state index contributed by atoms with van der Waals surface area (Å²) in [6.45, 7) is 2.96. The number of amides is 1. The van der Waals surface area contributed by atoms with Crippen molar-refractivity contribution in [1.82, 2.24) is 0 Å². The van der Waals surface area contributed by atoms with Crippen molar-refractivity contribution in [3.05, 3.63) is 77.9 Å². The minimum absolute atomic E-state index is 0.0955. The van der Waals surface area contributed by atoms with Gasteiger partial charge in [-0.15, -0.1) is 0 Å². The van der Waals surface area contributed by atoms with Crippen LogP contribution in [-0.2, 0) is 9.53 Å². The Morgan fingerprint density at radius 2 is 1.59 bits per heavy atom. The molecule has 1 atom stereocenters. The standard InChI is InChI=1S/C22H19NO4/c1-14(24)17-8-5-9-20(13-17)23-21(25)15(2)27-22(26)19-11-10-16-6-3-4-7-18(16)12-19/h3-13,15H,1-2H3,(H,23,25)/t15-/m0/s1. The van der Waals surface area contributed by atoms with Gasteiger partial charge in [-0.3, -0.25) is 9.59 Å². The maximum Gasteiger partial charge on any atom is 0.338 e. The molecule has 136 valence electrons. The van der Waals surface area contributed by atoms with E-state index < -0.39 is 18.0 Å². The van der Waals surface area contributed by atoms with Gasteiger partial charge in [0.2, 0.25) is 0 Å². The zero-order chi connectivity index (χ0) is 19.4. The maximum absolute atomic E-state index is 12.4. The van der Waals surface area contributed by atoms with E-state index in [2.05, 4.69) is 5.32 Å². The average Bonchev–Trinajstić information content (AvgIpc) is 2.67. The molecule has 27 heavy (non-hydrogen) atoms. The first-order valence-electron chi connectivity index (χ1n) is 8.55. The lowest BCUT2D eigenvalue weighted by Crippen LogP contribution is -2.30. The van der Waals surface area contributed by atoms with Crippen molar-refractivity contribution in [2.45, 2.75) is 20.0 Å². The number of carbonyl (C=O) groups is 3. The van der Waals surface area contributed by atoms with E-state index in [1.165, 1.54) is 13.8 Å². The first kappa shape index (κ1) is 18.3. The Balaban J connectivity index is 1.67.